The molecule has 0 radical (unpaired) electrons. The number of ether oxygens (including phenoxy) is 1. The number of carboxylic acids is 1. The van der Waals surface area contributed by atoms with Crippen molar-refractivity contribution in [2.24, 2.45) is 4.99 Å². The van der Waals surface area contributed by atoms with Gasteiger partial charge in [-0.05, 0) is 54.4 Å². The summed E-state index contributed by atoms with van der Waals surface area (Å²) in [6.45, 7) is 1.64. The maximum Gasteiger partial charge on any atom is 0.307 e. The number of nitrogens with zero attached hydrogens (tertiary/aromatic N) is 1. The quantitative estimate of drug-likeness (QED) is 0.401. The molecule has 8 heteroatoms. The third-order valence-corrected chi connectivity index (χ3v) is 5.21. The van der Waals surface area contributed by atoms with E-state index in [1.165, 1.54) is 0 Å². The van der Waals surface area contributed by atoms with Crippen LogP contribution in [0.15, 0.2) is 83.9 Å². The van der Waals surface area contributed by atoms with Gasteiger partial charge in [-0.2, -0.15) is 0 Å². The van der Waals surface area contributed by atoms with E-state index < -0.39 is 12.1 Å². The van der Waals surface area contributed by atoms with Gasteiger partial charge in [0.1, 0.15) is 11.9 Å². The molecule has 1 aliphatic heterocycles. The Hall–Kier alpha value is -4.33. The summed E-state index contributed by atoms with van der Waals surface area (Å²) in [6, 6.07) is 23.3. The van der Waals surface area contributed by atoms with E-state index >= 15 is 0 Å². The van der Waals surface area contributed by atoms with Gasteiger partial charge in [-0.15, -0.1) is 0 Å². The normalized spacial score (nSPS) is 13.7. The number of carbonyl (C=O) groups excluding carboxylic acids is 1. The molecule has 4 N–H and O–H groups in total. The topological polar surface area (TPSA) is 112 Å². The van der Waals surface area contributed by atoms with Crippen LogP contribution in [0.5, 0.6) is 5.75 Å². The lowest BCUT2D eigenvalue weighted by atomic mass is 10.1. The van der Waals surface area contributed by atoms with Gasteiger partial charge >= 0.3 is 5.97 Å². The maximum absolute atomic E-state index is 12.7. The van der Waals surface area contributed by atoms with E-state index in [1.54, 1.807) is 36.4 Å². The fraction of sp³-hybridized carbons (Fsp3) is 0.192. The molecule has 1 heterocycles. The minimum atomic E-state index is -0.944. The van der Waals surface area contributed by atoms with Crippen LogP contribution in [0.25, 0.3) is 0 Å². The molecule has 0 spiro atoms. The van der Waals surface area contributed by atoms with Gasteiger partial charge in [0, 0.05) is 30.0 Å². The number of hydrogen-bond donors (Lipinski definition) is 4. The van der Waals surface area contributed by atoms with E-state index in [0.29, 0.717) is 23.0 Å². The summed E-state index contributed by atoms with van der Waals surface area (Å²) < 4.78 is 5.92. The Balaban J connectivity index is 1.39. The first kappa shape index (κ1) is 22.8. The molecule has 1 amide bonds. The number of carbonyl (C=O) groups is 2. The molecule has 3 aromatic carbocycles. The summed E-state index contributed by atoms with van der Waals surface area (Å²) in [4.78, 5) is 28.4. The number of rotatable bonds is 8. The van der Waals surface area contributed by atoms with Crippen molar-refractivity contribution in [3.63, 3.8) is 0 Å². The van der Waals surface area contributed by atoms with Gasteiger partial charge in [-0.25, -0.2) is 0 Å². The number of aliphatic carboxylic acids is 1. The smallest absolute Gasteiger partial charge is 0.307 e. The number of amides is 1. The van der Waals surface area contributed by atoms with Crippen LogP contribution in [-0.4, -0.2) is 36.0 Å². The van der Waals surface area contributed by atoms with Crippen LogP contribution in [0, 0.1) is 0 Å². The molecule has 0 bridgehead atoms. The summed E-state index contributed by atoms with van der Waals surface area (Å²) >= 11 is 0. The zero-order chi connectivity index (χ0) is 23.8. The Morgan fingerprint density at radius 1 is 1.00 bits per heavy atom. The second kappa shape index (κ2) is 11.0. The van der Waals surface area contributed by atoms with E-state index in [-0.39, 0.29) is 12.3 Å². The van der Waals surface area contributed by atoms with E-state index in [9.17, 15) is 14.7 Å². The van der Waals surface area contributed by atoms with Crippen molar-refractivity contribution in [1.82, 2.24) is 5.32 Å². The van der Waals surface area contributed by atoms with Crippen LogP contribution in [0.3, 0.4) is 0 Å². The Bertz CT molecular complexity index is 1160. The van der Waals surface area contributed by atoms with E-state index in [1.807, 2.05) is 42.5 Å². The van der Waals surface area contributed by atoms with Gasteiger partial charge in [0.25, 0.3) is 5.91 Å². The Kier molecular flexibility index (Phi) is 7.39. The first-order chi connectivity index (χ1) is 16.6. The van der Waals surface area contributed by atoms with E-state index in [4.69, 9.17) is 4.74 Å². The number of aliphatic imine (C=N–C) groups is 1. The third kappa shape index (κ3) is 6.35. The van der Waals surface area contributed by atoms with Crippen molar-refractivity contribution in [3.8, 4) is 5.75 Å². The minimum absolute atomic E-state index is 0.158. The summed E-state index contributed by atoms with van der Waals surface area (Å²) in [5.41, 5.74) is 2.66. The van der Waals surface area contributed by atoms with Crippen molar-refractivity contribution < 1.29 is 19.4 Å². The Morgan fingerprint density at radius 2 is 1.79 bits per heavy atom. The van der Waals surface area contributed by atoms with Gasteiger partial charge in [0.05, 0.1) is 6.42 Å². The lowest BCUT2D eigenvalue weighted by Crippen LogP contribution is -2.35. The first-order valence-corrected chi connectivity index (χ1v) is 11.1. The van der Waals surface area contributed by atoms with Crippen molar-refractivity contribution in [3.05, 3.63) is 90.0 Å². The summed E-state index contributed by atoms with van der Waals surface area (Å²) in [5.74, 6) is 0.0286. The van der Waals surface area contributed by atoms with E-state index in [0.717, 1.165) is 30.8 Å². The lowest BCUT2D eigenvalue weighted by Gasteiger charge is -2.18. The largest absolute Gasteiger partial charge is 0.485 e. The number of benzene rings is 3. The summed E-state index contributed by atoms with van der Waals surface area (Å²) in [6.07, 6.45) is 0.233. The third-order valence-electron chi connectivity index (χ3n) is 5.21. The highest BCUT2D eigenvalue weighted by Gasteiger charge is 2.17. The molecule has 1 atom stereocenters. The predicted molar refractivity (Wildman–Crippen MR) is 131 cm³/mol. The molecule has 1 unspecified atom stereocenters. The zero-order valence-electron chi connectivity index (χ0n) is 18.5. The van der Waals surface area contributed by atoms with Crippen molar-refractivity contribution in [2.75, 3.05) is 23.7 Å². The molecule has 0 aromatic heterocycles. The average Bonchev–Trinajstić information content (AvgIpc) is 2.86. The monoisotopic (exact) mass is 458 g/mol. The average molecular weight is 459 g/mol. The SMILES string of the molecule is O=C(O)CC(Oc1ccc(NC(=O)c2cccc(NC3=NCCCN3)c2)cc1)c1ccccc1. The number of hydrogen-bond acceptors (Lipinski definition) is 6. The van der Waals surface area contributed by atoms with Gasteiger partial charge in [0.15, 0.2) is 5.96 Å². The molecule has 1 aliphatic rings. The highest BCUT2D eigenvalue weighted by atomic mass is 16.5. The van der Waals surface area contributed by atoms with Crippen molar-refractivity contribution >= 4 is 29.2 Å². The maximum atomic E-state index is 12.7. The Morgan fingerprint density at radius 3 is 2.50 bits per heavy atom. The predicted octanol–water partition coefficient (Wildman–Crippen LogP) is 4.29. The van der Waals surface area contributed by atoms with Gasteiger partial charge in [-0.1, -0.05) is 36.4 Å². The van der Waals surface area contributed by atoms with Crippen LogP contribution in [0.1, 0.15) is 34.9 Å². The van der Waals surface area contributed by atoms with Crippen LogP contribution >= 0.6 is 0 Å². The highest BCUT2D eigenvalue weighted by molar-refractivity contribution is 6.05. The molecule has 34 heavy (non-hydrogen) atoms. The van der Waals surface area contributed by atoms with Crippen LogP contribution in [-0.2, 0) is 4.79 Å². The number of guanidine groups is 1. The van der Waals surface area contributed by atoms with Crippen LogP contribution in [0.4, 0.5) is 11.4 Å². The summed E-state index contributed by atoms with van der Waals surface area (Å²) in [5, 5.41) is 18.5. The van der Waals surface area contributed by atoms with Crippen molar-refractivity contribution in [1.29, 1.82) is 0 Å². The van der Waals surface area contributed by atoms with Gasteiger partial charge in [-0.3, -0.25) is 14.6 Å². The first-order valence-electron chi connectivity index (χ1n) is 11.1. The van der Waals surface area contributed by atoms with Crippen molar-refractivity contribution in [2.45, 2.75) is 18.9 Å². The second-order valence-corrected chi connectivity index (χ2v) is 7.81. The molecule has 4 rings (SSSR count). The molecule has 0 aliphatic carbocycles. The number of carboxylic acid groups (broad SMARTS) is 1. The molecule has 0 saturated heterocycles. The van der Waals surface area contributed by atoms with Gasteiger partial charge < -0.3 is 25.8 Å². The molecule has 8 nitrogen and oxygen atoms in total. The number of nitrogens with one attached hydrogen (secondary N) is 3. The molecule has 0 saturated carbocycles. The standard InChI is InChI=1S/C26H26N4O4/c31-24(32)17-23(18-6-2-1-3-7-18)34-22-12-10-20(11-13-22)29-25(33)19-8-4-9-21(16-19)30-26-27-14-5-15-28-26/h1-4,6-13,16,23H,5,14-15,17H2,(H,29,33)(H,31,32)(H2,27,28,30). The molecule has 3 aromatic rings. The molecular formula is C26H26N4O4. The highest BCUT2D eigenvalue weighted by Crippen LogP contribution is 2.26. The number of anilines is 2. The minimum Gasteiger partial charge on any atom is -0.485 e. The fourth-order valence-electron chi connectivity index (χ4n) is 3.53. The fourth-order valence-corrected chi connectivity index (χ4v) is 3.53. The van der Waals surface area contributed by atoms with Crippen LogP contribution in [0.2, 0.25) is 0 Å². The second-order valence-electron chi connectivity index (χ2n) is 7.81. The Labute approximate surface area is 197 Å². The molecule has 174 valence electrons. The summed E-state index contributed by atoms with van der Waals surface area (Å²) in [7, 11) is 0. The lowest BCUT2D eigenvalue weighted by molar-refractivity contribution is -0.138. The molecule has 0 fully saturated rings. The van der Waals surface area contributed by atoms with E-state index in [2.05, 4.69) is 20.9 Å². The van der Waals surface area contributed by atoms with Crippen LogP contribution < -0.4 is 20.7 Å². The zero-order valence-corrected chi connectivity index (χ0v) is 18.5. The van der Waals surface area contributed by atoms with Gasteiger partial charge in [0.2, 0.25) is 0 Å². The molecular weight excluding hydrogens is 432 g/mol.